The number of nitrogens with one attached hydrogen (secondary N) is 1. The molecule has 144 valence electrons. The van der Waals surface area contributed by atoms with Crippen molar-refractivity contribution in [1.82, 2.24) is 19.4 Å². The Morgan fingerprint density at radius 1 is 0.966 bits per heavy atom. The molecule has 0 saturated heterocycles. The van der Waals surface area contributed by atoms with E-state index in [2.05, 4.69) is 24.0 Å². The molecule has 0 fully saturated rings. The van der Waals surface area contributed by atoms with Gasteiger partial charge in [-0.15, -0.1) is 0 Å². The lowest BCUT2D eigenvalue weighted by Crippen LogP contribution is -2.52. The summed E-state index contributed by atoms with van der Waals surface area (Å²) in [4.78, 5) is 36.9. The summed E-state index contributed by atoms with van der Waals surface area (Å²) in [5.74, 6) is 0.655. The Balaban J connectivity index is 1.65. The second-order valence-corrected chi connectivity index (χ2v) is 8.04. The van der Waals surface area contributed by atoms with E-state index in [0.29, 0.717) is 23.1 Å². The summed E-state index contributed by atoms with van der Waals surface area (Å²) in [7, 11) is 0. The highest BCUT2D eigenvalue weighted by Gasteiger charge is 2.46. The van der Waals surface area contributed by atoms with Crippen molar-refractivity contribution in [2.75, 3.05) is 0 Å². The smallest absolute Gasteiger partial charge is 0.262 e. The van der Waals surface area contributed by atoms with Gasteiger partial charge < -0.3 is 9.88 Å². The van der Waals surface area contributed by atoms with E-state index in [1.807, 2.05) is 35.2 Å². The number of para-hydroxylation sites is 2. The van der Waals surface area contributed by atoms with Crippen LogP contribution in [0.1, 0.15) is 49.1 Å². The van der Waals surface area contributed by atoms with Gasteiger partial charge in [0.05, 0.1) is 23.0 Å². The van der Waals surface area contributed by atoms with E-state index in [1.54, 1.807) is 17.6 Å². The van der Waals surface area contributed by atoms with Crippen molar-refractivity contribution in [3.8, 4) is 0 Å². The number of amides is 1. The van der Waals surface area contributed by atoms with Crippen molar-refractivity contribution < 1.29 is 4.79 Å². The Bertz CT molecular complexity index is 1380. The van der Waals surface area contributed by atoms with Gasteiger partial charge >= 0.3 is 0 Å². The van der Waals surface area contributed by atoms with Gasteiger partial charge in [0.15, 0.2) is 0 Å². The number of H-pyrrole nitrogens is 1. The molecule has 4 aromatic rings. The van der Waals surface area contributed by atoms with Crippen molar-refractivity contribution in [3.63, 3.8) is 0 Å². The minimum absolute atomic E-state index is 0.0292. The summed E-state index contributed by atoms with van der Waals surface area (Å²) in [5, 5.41) is 1.73. The largest absolute Gasteiger partial charge is 0.356 e. The summed E-state index contributed by atoms with van der Waals surface area (Å²) >= 11 is 0. The van der Waals surface area contributed by atoms with Crippen LogP contribution in [0.15, 0.2) is 53.3 Å². The first kappa shape index (κ1) is 16.5. The lowest BCUT2D eigenvalue weighted by Gasteiger charge is -2.45. The van der Waals surface area contributed by atoms with Crippen LogP contribution in [0.5, 0.6) is 0 Å². The summed E-state index contributed by atoms with van der Waals surface area (Å²) in [6, 6.07) is 14.7. The molecular formula is C23H20N4O2. The zero-order chi connectivity index (χ0) is 19.9. The maximum Gasteiger partial charge on any atom is 0.262 e. The number of aromatic amines is 1. The molecular weight excluding hydrogens is 364 g/mol. The molecule has 2 aromatic carbocycles. The molecule has 2 aliphatic rings. The van der Waals surface area contributed by atoms with Crippen LogP contribution in [0.4, 0.5) is 0 Å². The highest BCUT2D eigenvalue weighted by molar-refractivity contribution is 5.88. The molecule has 0 unspecified atom stereocenters. The molecule has 2 aromatic heterocycles. The lowest BCUT2D eigenvalue weighted by atomic mass is 9.89. The van der Waals surface area contributed by atoms with Gasteiger partial charge in [-0.2, -0.15) is 0 Å². The van der Waals surface area contributed by atoms with E-state index in [4.69, 9.17) is 4.98 Å². The van der Waals surface area contributed by atoms with E-state index < -0.39 is 6.04 Å². The quantitative estimate of drug-likeness (QED) is 0.503. The molecule has 2 aliphatic heterocycles. The number of carbonyl (C=O) groups is 1. The third kappa shape index (κ3) is 2.03. The lowest BCUT2D eigenvalue weighted by molar-refractivity contribution is -0.143. The molecule has 29 heavy (non-hydrogen) atoms. The first-order valence-electron chi connectivity index (χ1n) is 9.99. The van der Waals surface area contributed by atoms with Gasteiger partial charge in [-0.1, -0.05) is 30.3 Å². The van der Waals surface area contributed by atoms with Crippen LogP contribution in [0.2, 0.25) is 0 Å². The third-order valence-electron chi connectivity index (χ3n) is 6.55. The summed E-state index contributed by atoms with van der Waals surface area (Å²) in [6.07, 6.45) is 0.646. The third-order valence-corrected chi connectivity index (χ3v) is 6.55. The Morgan fingerprint density at radius 3 is 2.52 bits per heavy atom. The minimum Gasteiger partial charge on any atom is -0.356 e. The molecule has 0 radical (unpaired) electrons. The predicted molar refractivity (Wildman–Crippen MR) is 111 cm³/mol. The van der Waals surface area contributed by atoms with Gasteiger partial charge in [0.1, 0.15) is 11.9 Å². The Kier molecular flexibility index (Phi) is 3.17. The summed E-state index contributed by atoms with van der Waals surface area (Å²) in [6.45, 7) is 3.85. The first-order valence-corrected chi connectivity index (χ1v) is 9.99. The SMILES string of the molecule is C[C@@H]1C(=O)N2[C@H](Cc3c([nH]c4ccccc34)[C@@H]2C)c2nc3ccccc3c(=O)n21. The Hall–Kier alpha value is -3.41. The van der Waals surface area contributed by atoms with Crippen LogP contribution >= 0.6 is 0 Å². The predicted octanol–water partition coefficient (Wildman–Crippen LogP) is 3.64. The molecule has 4 heterocycles. The number of fused-ring (bicyclic) bond motifs is 7. The monoisotopic (exact) mass is 384 g/mol. The minimum atomic E-state index is -0.570. The zero-order valence-electron chi connectivity index (χ0n) is 16.2. The molecule has 6 rings (SSSR count). The molecule has 6 nitrogen and oxygen atoms in total. The fourth-order valence-corrected chi connectivity index (χ4v) is 5.16. The normalized spacial score (nSPS) is 23.2. The average molecular weight is 384 g/mol. The number of hydrogen-bond donors (Lipinski definition) is 1. The number of aromatic nitrogens is 3. The van der Waals surface area contributed by atoms with Gasteiger partial charge in [0.25, 0.3) is 5.56 Å². The maximum absolute atomic E-state index is 13.4. The molecule has 0 aliphatic carbocycles. The number of nitrogens with zero attached hydrogens (tertiary/aromatic N) is 3. The van der Waals surface area contributed by atoms with Gasteiger partial charge in [0, 0.05) is 23.0 Å². The summed E-state index contributed by atoms with van der Waals surface area (Å²) in [5.41, 5.74) is 3.92. The van der Waals surface area contributed by atoms with Gasteiger partial charge in [0.2, 0.25) is 5.91 Å². The average Bonchev–Trinajstić information content (AvgIpc) is 3.11. The zero-order valence-corrected chi connectivity index (χ0v) is 16.2. The highest BCUT2D eigenvalue weighted by atomic mass is 16.2. The standard InChI is InChI=1S/C23H20N4O2/c1-12-20-16(14-7-3-5-9-17(14)24-20)11-19-21-25-18-10-6-4-8-15(18)23(29)27(21)13(2)22(28)26(12)19/h3-10,12-13,19,24H,11H2,1-2H3/t12-,13+,19+/m0/s1. The van der Waals surface area contributed by atoms with E-state index >= 15 is 0 Å². The van der Waals surface area contributed by atoms with Gasteiger partial charge in [-0.25, -0.2) is 4.98 Å². The van der Waals surface area contributed by atoms with E-state index in [9.17, 15) is 9.59 Å². The van der Waals surface area contributed by atoms with Crippen LogP contribution in [-0.4, -0.2) is 25.3 Å². The Morgan fingerprint density at radius 2 is 1.69 bits per heavy atom. The van der Waals surface area contributed by atoms with Crippen molar-refractivity contribution in [3.05, 3.63) is 76.0 Å². The molecule has 0 bridgehead atoms. The molecule has 6 heteroatoms. The van der Waals surface area contributed by atoms with Gasteiger partial charge in [-0.05, 0) is 37.6 Å². The van der Waals surface area contributed by atoms with Crippen LogP contribution in [0.25, 0.3) is 21.8 Å². The van der Waals surface area contributed by atoms with Crippen LogP contribution in [0.3, 0.4) is 0 Å². The fraction of sp³-hybridized carbons (Fsp3) is 0.261. The first-order chi connectivity index (χ1) is 14.1. The van der Waals surface area contributed by atoms with Crippen molar-refractivity contribution in [1.29, 1.82) is 0 Å². The van der Waals surface area contributed by atoms with Crippen molar-refractivity contribution in [2.45, 2.75) is 38.4 Å². The molecule has 1 amide bonds. The van der Waals surface area contributed by atoms with Crippen molar-refractivity contribution >= 4 is 27.7 Å². The Labute approximate surface area is 166 Å². The molecule has 0 saturated carbocycles. The maximum atomic E-state index is 13.4. The fourth-order valence-electron chi connectivity index (χ4n) is 5.16. The number of carbonyl (C=O) groups excluding carboxylic acids is 1. The number of hydrogen-bond acceptors (Lipinski definition) is 3. The topological polar surface area (TPSA) is 71.0 Å². The summed E-state index contributed by atoms with van der Waals surface area (Å²) < 4.78 is 1.61. The highest BCUT2D eigenvalue weighted by Crippen LogP contribution is 2.45. The second-order valence-electron chi connectivity index (χ2n) is 8.04. The van der Waals surface area contributed by atoms with E-state index in [1.165, 1.54) is 10.9 Å². The molecule has 0 spiro atoms. The van der Waals surface area contributed by atoms with Crippen LogP contribution in [-0.2, 0) is 11.2 Å². The van der Waals surface area contributed by atoms with Gasteiger partial charge in [-0.3, -0.25) is 14.2 Å². The number of benzene rings is 2. The molecule has 3 atom stereocenters. The second kappa shape index (κ2) is 5.56. The van der Waals surface area contributed by atoms with Crippen molar-refractivity contribution in [2.24, 2.45) is 0 Å². The molecule has 1 N–H and O–H groups in total. The number of rotatable bonds is 0. The van der Waals surface area contributed by atoms with E-state index in [0.717, 1.165) is 11.2 Å². The van der Waals surface area contributed by atoms with E-state index in [-0.39, 0.29) is 23.6 Å². The van der Waals surface area contributed by atoms with Crippen LogP contribution < -0.4 is 5.56 Å². The van der Waals surface area contributed by atoms with Crippen LogP contribution in [0, 0.1) is 0 Å².